The van der Waals surface area contributed by atoms with Gasteiger partial charge in [-0.1, -0.05) is 27.7 Å². The fraction of sp³-hybridized carbons (Fsp3) is 0.692. The Hall–Kier alpha value is -3.04. The topological polar surface area (TPSA) is 128 Å². The summed E-state index contributed by atoms with van der Waals surface area (Å²) in [7, 11) is 0. The molecule has 10 nitrogen and oxygen atoms in total. The molecule has 0 aliphatic carbocycles. The summed E-state index contributed by atoms with van der Waals surface area (Å²) in [4.78, 5) is 49.5. The summed E-state index contributed by atoms with van der Waals surface area (Å²) < 4.78 is 5.52. The van der Waals surface area contributed by atoms with Gasteiger partial charge in [0.05, 0.1) is 12.4 Å². The maximum atomic E-state index is 12.4. The summed E-state index contributed by atoms with van der Waals surface area (Å²) in [5.74, 6) is -0.179. The van der Waals surface area contributed by atoms with Crippen molar-refractivity contribution >= 4 is 11.6 Å². The molecule has 0 radical (unpaired) electrons. The van der Waals surface area contributed by atoms with Gasteiger partial charge in [-0.25, -0.2) is 9.59 Å². The smallest absolute Gasteiger partial charge is 0.331 e. The molecule has 0 amide bonds. The lowest BCUT2D eigenvalue weighted by Crippen LogP contribution is -2.30. The zero-order valence-corrected chi connectivity index (χ0v) is 22.5. The Morgan fingerprint density at radius 3 is 1.31 bits per heavy atom. The number of carbonyl (C=O) groups excluding carboxylic acids is 2. The number of aromatic hydroxyl groups is 2. The van der Waals surface area contributed by atoms with Crippen LogP contribution in [-0.4, -0.2) is 40.0 Å². The molecule has 10 heteroatoms. The van der Waals surface area contributed by atoms with Crippen LogP contribution >= 0.6 is 0 Å². The average molecular weight is 507 g/mol. The van der Waals surface area contributed by atoms with E-state index in [9.17, 15) is 29.4 Å². The number of aryl methyl sites for hydroxylation is 2. The maximum absolute atomic E-state index is 12.4. The molecule has 2 rings (SSSR count). The summed E-state index contributed by atoms with van der Waals surface area (Å²) in [6.45, 7) is 13.0. The van der Waals surface area contributed by atoms with E-state index in [1.54, 1.807) is 0 Å². The Labute approximate surface area is 212 Å². The largest absolute Gasteiger partial charge is 0.493 e. The number of carbonyl (C=O) groups is 2. The summed E-state index contributed by atoms with van der Waals surface area (Å²) >= 11 is 0. The lowest BCUT2D eigenvalue weighted by molar-refractivity contribution is -0.124. The third-order valence-corrected chi connectivity index (χ3v) is 6.75. The molecule has 0 fully saturated rings. The molecule has 0 aliphatic rings. The first-order valence-electron chi connectivity index (χ1n) is 12.7. The molecular formula is C26H42N4O6. The minimum Gasteiger partial charge on any atom is -0.493 e. The Morgan fingerprint density at radius 2 is 1.03 bits per heavy atom. The lowest BCUT2D eigenvalue weighted by Gasteiger charge is -2.25. The first kappa shape index (κ1) is 29.2. The Morgan fingerprint density at radius 1 is 0.694 bits per heavy atom. The van der Waals surface area contributed by atoms with Crippen LogP contribution in [0.5, 0.6) is 11.8 Å². The van der Waals surface area contributed by atoms with E-state index in [-0.39, 0.29) is 58.4 Å². The fourth-order valence-corrected chi connectivity index (χ4v) is 4.28. The second-order valence-electron chi connectivity index (χ2n) is 11.2. The Bertz CT molecular complexity index is 1090. The highest BCUT2D eigenvalue weighted by molar-refractivity contribution is 5.86. The van der Waals surface area contributed by atoms with Gasteiger partial charge in [0.2, 0.25) is 11.8 Å². The fourth-order valence-electron chi connectivity index (χ4n) is 4.28. The monoisotopic (exact) mass is 506 g/mol. The van der Waals surface area contributed by atoms with Gasteiger partial charge in [0.1, 0.15) is 11.6 Å². The van der Waals surface area contributed by atoms with E-state index in [4.69, 9.17) is 0 Å². The molecule has 2 heterocycles. The molecule has 0 unspecified atom stereocenters. The van der Waals surface area contributed by atoms with E-state index in [1.807, 2.05) is 41.5 Å². The van der Waals surface area contributed by atoms with Crippen LogP contribution < -0.4 is 11.4 Å². The summed E-state index contributed by atoms with van der Waals surface area (Å²) in [5.41, 5.74) is -1.31. The number of hydrogen-bond acceptors (Lipinski definition) is 6. The van der Waals surface area contributed by atoms with Gasteiger partial charge in [-0.2, -0.15) is 0 Å². The SMILES string of the molecule is CCn1cc(O)n(CC(C)(C)CCC(=O)CCC(=O)CCC(C)(C)Cn2c(O)cn(CC)c2=O)c1=O. The van der Waals surface area contributed by atoms with Crippen molar-refractivity contribution in [2.75, 3.05) is 0 Å². The number of ketones is 2. The normalized spacial score (nSPS) is 12.3. The predicted octanol–water partition coefficient (Wildman–Crippen LogP) is 3.30. The minimum atomic E-state index is -0.384. The second kappa shape index (κ2) is 11.8. The van der Waals surface area contributed by atoms with Crippen molar-refractivity contribution in [1.29, 1.82) is 0 Å². The van der Waals surface area contributed by atoms with Crippen molar-refractivity contribution in [1.82, 2.24) is 18.3 Å². The van der Waals surface area contributed by atoms with E-state index in [0.29, 0.717) is 51.9 Å². The van der Waals surface area contributed by atoms with E-state index in [2.05, 4.69) is 0 Å². The van der Waals surface area contributed by atoms with Crippen LogP contribution in [0.4, 0.5) is 0 Å². The van der Waals surface area contributed by atoms with E-state index < -0.39 is 0 Å². The van der Waals surface area contributed by atoms with Crippen molar-refractivity contribution < 1.29 is 19.8 Å². The lowest BCUT2D eigenvalue weighted by atomic mass is 9.85. The zero-order chi connectivity index (χ0) is 27.3. The van der Waals surface area contributed by atoms with Crippen LogP contribution in [0.25, 0.3) is 0 Å². The third-order valence-electron chi connectivity index (χ3n) is 6.75. The van der Waals surface area contributed by atoms with Gasteiger partial charge in [0.25, 0.3) is 0 Å². The molecule has 0 aromatic carbocycles. The first-order valence-corrected chi connectivity index (χ1v) is 12.7. The highest BCUT2D eigenvalue weighted by atomic mass is 16.3. The van der Waals surface area contributed by atoms with Crippen molar-refractivity contribution in [2.45, 2.75) is 106 Å². The Kier molecular flexibility index (Phi) is 9.57. The average Bonchev–Trinajstić information content (AvgIpc) is 3.23. The number of rotatable bonds is 15. The highest BCUT2D eigenvalue weighted by Gasteiger charge is 2.25. The van der Waals surface area contributed by atoms with Crippen molar-refractivity contribution in [3.8, 4) is 11.8 Å². The van der Waals surface area contributed by atoms with E-state index >= 15 is 0 Å². The Balaban J connectivity index is 1.79. The molecule has 0 spiro atoms. The van der Waals surface area contributed by atoms with Gasteiger partial charge in [-0.05, 0) is 37.5 Å². The van der Waals surface area contributed by atoms with Gasteiger partial charge >= 0.3 is 11.4 Å². The standard InChI is InChI=1S/C26H42N4O6/c1-7-27-15-21(33)29(23(27)35)17-25(3,4)13-11-19(31)9-10-20(32)12-14-26(5,6)18-30-22(34)16-28(8-2)24(30)36/h15-16,33-34H,7-14,17-18H2,1-6H3. The van der Waals surface area contributed by atoms with Gasteiger partial charge in [0, 0.05) is 51.9 Å². The minimum absolute atomic E-state index is 0.00392. The number of Topliss-reactive ketones (excluding diaryl/α,β-unsaturated/α-hetero) is 2. The second-order valence-corrected chi connectivity index (χ2v) is 11.2. The maximum Gasteiger partial charge on any atom is 0.331 e. The van der Waals surface area contributed by atoms with Gasteiger partial charge in [0.15, 0.2) is 0 Å². The quantitative estimate of drug-likeness (QED) is 0.381. The number of aromatic nitrogens is 4. The van der Waals surface area contributed by atoms with E-state index in [1.165, 1.54) is 30.7 Å². The van der Waals surface area contributed by atoms with Crippen LogP contribution in [0.15, 0.2) is 22.0 Å². The van der Waals surface area contributed by atoms with Gasteiger partial charge in [-0.15, -0.1) is 0 Å². The molecule has 2 aromatic rings. The summed E-state index contributed by atoms with van der Waals surface area (Å²) in [5, 5.41) is 20.1. The van der Waals surface area contributed by atoms with Crippen LogP contribution in [0, 0.1) is 10.8 Å². The molecular weight excluding hydrogens is 464 g/mol. The molecule has 2 N–H and O–H groups in total. The molecule has 0 atom stereocenters. The zero-order valence-electron chi connectivity index (χ0n) is 22.5. The number of imidazole rings is 2. The summed E-state index contributed by atoms with van der Waals surface area (Å²) in [6.07, 6.45) is 4.84. The predicted molar refractivity (Wildman–Crippen MR) is 137 cm³/mol. The molecule has 0 aliphatic heterocycles. The van der Waals surface area contributed by atoms with Crippen LogP contribution in [0.1, 0.15) is 80.1 Å². The van der Waals surface area contributed by atoms with Gasteiger partial charge < -0.3 is 10.2 Å². The van der Waals surface area contributed by atoms with Crippen molar-refractivity contribution in [2.24, 2.45) is 10.8 Å². The van der Waals surface area contributed by atoms with Crippen LogP contribution in [0.2, 0.25) is 0 Å². The molecule has 0 saturated heterocycles. The van der Waals surface area contributed by atoms with E-state index in [0.717, 1.165) is 0 Å². The van der Waals surface area contributed by atoms with Crippen LogP contribution in [0.3, 0.4) is 0 Å². The highest BCUT2D eigenvalue weighted by Crippen LogP contribution is 2.28. The molecule has 36 heavy (non-hydrogen) atoms. The van der Waals surface area contributed by atoms with Crippen molar-refractivity contribution in [3.63, 3.8) is 0 Å². The third kappa shape index (κ3) is 7.73. The number of hydrogen-bond donors (Lipinski definition) is 2. The number of nitrogens with zero attached hydrogens (tertiary/aromatic N) is 4. The van der Waals surface area contributed by atoms with Crippen molar-refractivity contribution in [3.05, 3.63) is 33.4 Å². The molecule has 0 bridgehead atoms. The van der Waals surface area contributed by atoms with Crippen LogP contribution in [-0.2, 0) is 35.8 Å². The molecule has 2 aromatic heterocycles. The summed E-state index contributed by atoms with van der Waals surface area (Å²) in [6, 6.07) is 0. The molecule has 0 saturated carbocycles. The van der Waals surface area contributed by atoms with Gasteiger partial charge in [-0.3, -0.25) is 27.9 Å². The first-order chi connectivity index (χ1) is 16.7. The molecule has 202 valence electrons.